The Labute approximate surface area is 256 Å². The van der Waals surface area contributed by atoms with Crippen LogP contribution in [0.2, 0.25) is 0 Å². The van der Waals surface area contributed by atoms with Crippen LogP contribution < -0.4 is 4.90 Å². The van der Waals surface area contributed by atoms with Crippen molar-refractivity contribution in [2.75, 3.05) is 4.90 Å². The van der Waals surface area contributed by atoms with Crippen LogP contribution in [0.5, 0.6) is 5.75 Å². The van der Waals surface area contributed by atoms with Gasteiger partial charge in [0.25, 0.3) is 0 Å². The Hall–Kier alpha value is -4.78. The number of carbonyl (C=O) groups excluding carboxylic acids is 4. The fraction of sp³-hybridized carbons (Fsp3) is 0.297. The zero-order valence-corrected chi connectivity index (χ0v) is 24.6. The Balaban J connectivity index is 1.36. The van der Waals surface area contributed by atoms with E-state index in [1.165, 1.54) is 9.80 Å². The SMILES string of the molecule is C=CCc1cccc([C@H]2C3=CC[C@@H]4C(=O)N(Cc5ccccc5)C(=O)[C@@H]4[C@@H]3C[C@H]3C(=O)N(c4ccccc4)C(=O)[C@@]23C)c1O. The van der Waals surface area contributed by atoms with Gasteiger partial charge < -0.3 is 5.11 Å². The van der Waals surface area contributed by atoms with E-state index >= 15 is 0 Å². The average molecular weight is 587 g/mol. The number of rotatable bonds is 6. The van der Waals surface area contributed by atoms with Crippen LogP contribution in [0.15, 0.2) is 103 Å². The number of hydrogen-bond donors (Lipinski definition) is 1. The first-order chi connectivity index (χ1) is 21.3. The highest BCUT2D eigenvalue weighted by Gasteiger charge is 2.67. The molecule has 0 aromatic heterocycles. The van der Waals surface area contributed by atoms with Crippen LogP contribution in [0.25, 0.3) is 0 Å². The van der Waals surface area contributed by atoms with Gasteiger partial charge in [0.2, 0.25) is 23.6 Å². The molecule has 6 atom stereocenters. The van der Waals surface area contributed by atoms with Gasteiger partial charge in [0.1, 0.15) is 5.75 Å². The first kappa shape index (κ1) is 28.0. The number of para-hydroxylation sites is 2. The van der Waals surface area contributed by atoms with Crippen LogP contribution in [0.4, 0.5) is 5.69 Å². The number of carbonyl (C=O) groups is 4. The number of phenolic OH excluding ortho intramolecular Hbond substituents is 1. The lowest BCUT2D eigenvalue weighted by Crippen LogP contribution is -2.48. The Bertz CT molecular complexity index is 1730. The zero-order valence-electron chi connectivity index (χ0n) is 24.6. The monoisotopic (exact) mass is 586 g/mol. The zero-order chi connectivity index (χ0) is 30.7. The summed E-state index contributed by atoms with van der Waals surface area (Å²) >= 11 is 0. The van der Waals surface area contributed by atoms with Crippen molar-refractivity contribution in [3.63, 3.8) is 0 Å². The van der Waals surface area contributed by atoms with Crippen LogP contribution in [0.1, 0.15) is 42.4 Å². The van der Waals surface area contributed by atoms with Gasteiger partial charge in [-0.25, -0.2) is 4.90 Å². The van der Waals surface area contributed by atoms with Gasteiger partial charge >= 0.3 is 0 Å². The van der Waals surface area contributed by atoms with E-state index in [-0.39, 0.29) is 42.3 Å². The second-order valence-corrected chi connectivity index (χ2v) is 12.6. The number of phenols is 1. The molecule has 3 aromatic carbocycles. The highest BCUT2D eigenvalue weighted by molar-refractivity contribution is 6.24. The molecular weight excluding hydrogens is 552 g/mol. The van der Waals surface area contributed by atoms with Gasteiger partial charge in [-0.3, -0.25) is 24.1 Å². The number of imide groups is 2. The van der Waals surface area contributed by atoms with E-state index < -0.39 is 35.0 Å². The van der Waals surface area contributed by atoms with Crippen molar-refractivity contribution in [1.82, 2.24) is 4.90 Å². The summed E-state index contributed by atoms with van der Waals surface area (Å²) in [6.45, 7) is 5.85. The summed E-state index contributed by atoms with van der Waals surface area (Å²) in [4.78, 5) is 59.2. The molecule has 3 fully saturated rings. The molecule has 222 valence electrons. The molecule has 0 spiro atoms. The molecule has 7 nitrogen and oxygen atoms in total. The molecule has 4 aliphatic rings. The molecule has 2 heterocycles. The van der Waals surface area contributed by atoms with Gasteiger partial charge in [0, 0.05) is 11.5 Å². The minimum Gasteiger partial charge on any atom is -0.507 e. The third-order valence-electron chi connectivity index (χ3n) is 10.4. The molecule has 2 aliphatic heterocycles. The Kier molecular flexibility index (Phi) is 6.65. The standard InChI is InChI=1S/C37H34N2O5/c1-3-11-23-14-10-17-27(32(23)40)31-25-18-19-26-30(35(43)38(33(26)41)21-22-12-6-4-7-13-22)28(25)20-29-34(42)39(36(44)37(29,31)2)24-15-8-5-9-16-24/h3-10,12-18,26,28-31,40H,1,11,19-21H2,2H3/t26-,28+,29-,30-,31+,37+/m0/s1. The lowest BCUT2D eigenvalue weighted by Gasteiger charge is -2.49. The van der Waals surface area contributed by atoms with Gasteiger partial charge in [-0.05, 0) is 55.4 Å². The predicted molar refractivity (Wildman–Crippen MR) is 165 cm³/mol. The number of hydrogen-bond acceptors (Lipinski definition) is 5. The van der Waals surface area contributed by atoms with Crippen molar-refractivity contribution in [2.45, 2.75) is 38.6 Å². The van der Waals surface area contributed by atoms with E-state index in [1.807, 2.05) is 67.6 Å². The second kappa shape index (κ2) is 10.4. The van der Waals surface area contributed by atoms with Crippen molar-refractivity contribution < 1.29 is 24.3 Å². The molecule has 2 aliphatic carbocycles. The molecule has 7 rings (SSSR count). The molecule has 44 heavy (non-hydrogen) atoms. The van der Waals surface area contributed by atoms with E-state index in [0.29, 0.717) is 29.7 Å². The van der Waals surface area contributed by atoms with Crippen molar-refractivity contribution in [2.24, 2.45) is 29.1 Å². The van der Waals surface area contributed by atoms with Crippen LogP contribution in [0, 0.1) is 29.1 Å². The van der Waals surface area contributed by atoms with Gasteiger partial charge in [-0.1, -0.05) is 84.5 Å². The number of anilines is 1. The molecule has 0 radical (unpaired) electrons. The summed E-state index contributed by atoms with van der Waals surface area (Å²) in [6.07, 6.45) is 4.80. The lowest BCUT2D eigenvalue weighted by atomic mass is 9.51. The molecular formula is C37H34N2O5. The maximum atomic E-state index is 14.5. The number of likely N-dealkylation sites (tertiary alicyclic amines) is 1. The summed E-state index contributed by atoms with van der Waals surface area (Å²) in [7, 11) is 0. The van der Waals surface area contributed by atoms with E-state index in [2.05, 4.69) is 6.58 Å². The van der Waals surface area contributed by atoms with E-state index in [1.54, 1.807) is 30.3 Å². The fourth-order valence-electron chi connectivity index (χ4n) is 8.33. The highest BCUT2D eigenvalue weighted by atomic mass is 16.3. The predicted octanol–water partition coefficient (Wildman–Crippen LogP) is 5.55. The lowest BCUT2D eigenvalue weighted by molar-refractivity contribution is -0.141. The summed E-state index contributed by atoms with van der Waals surface area (Å²) in [5.74, 6) is -3.98. The van der Waals surface area contributed by atoms with Crippen LogP contribution >= 0.6 is 0 Å². The van der Waals surface area contributed by atoms with Crippen LogP contribution in [-0.2, 0) is 32.1 Å². The Morgan fingerprint density at radius 1 is 0.886 bits per heavy atom. The molecule has 3 aromatic rings. The van der Waals surface area contributed by atoms with Crippen molar-refractivity contribution in [3.05, 3.63) is 120 Å². The summed E-state index contributed by atoms with van der Waals surface area (Å²) < 4.78 is 0. The quantitative estimate of drug-likeness (QED) is 0.302. The number of amides is 4. The first-order valence-electron chi connectivity index (χ1n) is 15.2. The molecule has 0 unspecified atom stereocenters. The smallest absolute Gasteiger partial charge is 0.241 e. The van der Waals surface area contributed by atoms with Crippen molar-refractivity contribution >= 4 is 29.3 Å². The summed E-state index contributed by atoms with van der Waals surface area (Å²) in [6, 6.07) is 23.9. The molecule has 1 saturated carbocycles. The van der Waals surface area contributed by atoms with Gasteiger partial charge in [-0.15, -0.1) is 6.58 Å². The van der Waals surface area contributed by atoms with Gasteiger partial charge in [0.05, 0.1) is 35.4 Å². The average Bonchev–Trinajstić information content (AvgIpc) is 3.39. The first-order valence-corrected chi connectivity index (χ1v) is 15.2. The molecule has 2 saturated heterocycles. The maximum absolute atomic E-state index is 14.5. The topological polar surface area (TPSA) is 95.0 Å². The third kappa shape index (κ3) is 3.95. The Morgan fingerprint density at radius 3 is 2.30 bits per heavy atom. The summed E-state index contributed by atoms with van der Waals surface area (Å²) in [5, 5.41) is 11.6. The molecule has 7 heteroatoms. The molecule has 1 N–H and O–H groups in total. The number of fused-ring (bicyclic) bond motifs is 4. The molecule has 4 amide bonds. The minimum atomic E-state index is -1.21. The summed E-state index contributed by atoms with van der Waals surface area (Å²) in [5.41, 5.74) is 2.25. The number of allylic oxidation sites excluding steroid dienone is 3. The highest BCUT2D eigenvalue weighted by Crippen LogP contribution is 2.64. The fourth-order valence-corrected chi connectivity index (χ4v) is 8.33. The third-order valence-corrected chi connectivity index (χ3v) is 10.4. The second-order valence-electron chi connectivity index (χ2n) is 12.6. The maximum Gasteiger partial charge on any atom is 0.241 e. The molecule has 0 bridgehead atoms. The Morgan fingerprint density at radius 2 is 1.59 bits per heavy atom. The van der Waals surface area contributed by atoms with Crippen LogP contribution in [-0.4, -0.2) is 33.6 Å². The number of benzene rings is 3. The largest absolute Gasteiger partial charge is 0.507 e. The van der Waals surface area contributed by atoms with E-state index in [9.17, 15) is 24.3 Å². The normalized spacial score (nSPS) is 29.3. The van der Waals surface area contributed by atoms with Crippen molar-refractivity contribution in [3.8, 4) is 5.75 Å². The minimum absolute atomic E-state index is 0.0685. The number of aromatic hydroxyl groups is 1. The van der Waals surface area contributed by atoms with Gasteiger partial charge in [-0.2, -0.15) is 0 Å². The van der Waals surface area contributed by atoms with Gasteiger partial charge in [0.15, 0.2) is 0 Å². The van der Waals surface area contributed by atoms with Crippen LogP contribution in [0.3, 0.4) is 0 Å². The number of nitrogens with zero attached hydrogens (tertiary/aromatic N) is 2. The van der Waals surface area contributed by atoms with Crippen molar-refractivity contribution in [1.29, 1.82) is 0 Å². The van der Waals surface area contributed by atoms with E-state index in [4.69, 9.17) is 0 Å². The van der Waals surface area contributed by atoms with E-state index in [0.717, 1.165) is 11.1 Å².